The van der Waals surface area contributed by atoms with E-state index in [1.807, 2.05) is 13.0 Å². The van der Waals surface area contributed by atoms with Crippen molar-refractivity contribution in [2.45, 2.75) is 13.3 Å². The fraction of sp³-hybridized carbons (Fsp3) is 0.214. The summed E-state index contributed by atoms with van der Waals surface area (Å²) in [5.74, 6) is 0.721. The molecule has 2 N–H and O–H groups in total. The van der Waals surface area contributed by atoms with Crippen LogP contribution in [0.1, 0.15) is 11.1 Å². The zero-order chi connectivity index (χ0) is 13.8. The van der Waals surface area contributed by atoms with Gasteiger partial charge in [-0.1, -0.05) is 0 Å². The molecule has 0 unspecified atom stereocenters. The molecule has 19 heavy (non-hydrogen) atoms. The molecule has 1 aromatic heterocycles. The van der Waals surface area contributed by atoms with Crippen molar-refractivity contribution in [3.63, 3.8) is 0 Å². The van der Waals surface area contributed by atoms with Gasteiger partial charge in [-0.15, -0.1) is 0 Å². The third kappa shape index (κ3) is 3.52. The van der Waals surface area contributed by atoms with Gasteiger partial charge in [0.1, 0.15) is 11.6 Å². The number of pyridine rings is 1. The molecular formula is C14H14BrFN2O. The number of hydrogen-bond acceptors (Lipinski definition) is 3. The number of halogens is 2. The molecular weight excluding hydrogens is 311 g/mol. The Balaban J connectivity index is 2.23. The Kier molecular flexibility index (Phi) is 4.50. The predicted octanol–water partition coefficient (Wildman–Crippen LogP) is 3.59. The van der Waals surface area contributed by atoms with E-state index in [9.17, 15) is 4.39 Å². The molecule has 1 aromatic carbocycles. The van der Waals surface area contributed by atoms with Crippen LogP contribution in [0.5, 0.6) is 11.6 Å². The number of hydrogen-bond donors (Lipinski definition) is 1. The van der Waals surface area contributed by atoms with Crippen molar-refractivity contribution in [2.75, 3.05) is 6.54 Å². The second-order valence-electron chi connectivity index (χ2n) is 4.18. The summed E-state index contributed by atoms with van der Waals surface area (Å²) >= 11 is 3.26. The molecule has 0 aliphatic rings. The van der Waals surface area contributed by atoms with Gasteiger partial charge in [0, 0.05) is 11.8 Å². The van der Waals surface area contributed by atoms with Gasteiger partial charge in [-0.25, -0.2) is 9.37 Å². The highest BCUT2D eigenvalue weighted by molar-refractivity contribution is 9.10. The van der Waals surface area contributed by atoms with Crippen molar-refractivity contribution in [2.24, 2.45) is 5.73 Å². The van der Waals surface area contributed by atoms with Crippen molar-refractivity contribution in [3.8, 4) is 11.6 Å². The lowest BCUT2D eigenvalue weighted by Crippen LogP contribution is -2.03. The largest absolute Gasteiger partial charge is 0.438 e. The molecule has 0 aliphatic carbocycles. The average molecular weight is 325 g/mol. The number of nitrogens with zero attached hydrogens (tertiary/aromatic N) is 1. The van der Waals surface area contributed by atoms with E-state index in [1.54, 1.807) is 12.3 Å². The zero-order valence-corrected chi connectivity index (χ0v) is 12.1. The first-order chi connectivity index (χ1) is 9.10. The molecule has 0 fully saturated rings. The van der Waals surface area contributed by atoms with Crippen molar-refractivity contribution >= 4 is 15.9 Å². The Bertz CT molecular complexity index is 590. The van der Waals surface area contributed by atoms with Gasteiger partial charge in [-0.05, 0) is 65.6 Å². The maximum absolute atomic E-state index is 13.0. The van der Waals surface area contributed by atoms with Crippen LogP contribution in [0.15, 0.2) is 34.9 Å². The van der Waals surface area contributed by atoms with E-state index in [2.05, 4.69) is 20.9 Å². The Hall–Kier alpha value is -1.46. The van der Waals surface area contributed by atoms with Crippen molar-refractivity contribution in [1.82, 2.24) is 4.98 Å². The summed E-state index contributed by atoms with van der Waals surface area (Å²) in [6.07, 6.45) is 2.53. The lowest BCUT2D eigenvalue weighted by molar-refractivity contribution is 0.454. The minimum atomic E-state index is -0.317. The van der Waals surface area contributed by atoms with Crippen LogP contribution < -0.4 is 10.5 Å². The maximum Gasteiger partial charge on any atom is 0.222 e. The van der Waals surface area contributed by atoms with E-state index >= 15 is 0 Å². The topological polar surface area (TPSA) is 48.1 Å². The molecule has 0 spiro atoms. The Morgan fingerprint density at radius 3 is 2.79 bits per heavy atom. The van der Waals surface area contributed by atoms with Gasteiger partial charge in [0.15, 0.2) is 0 Å². The summed E-state index contributed by atoms with van der Waals surface area (Å²) in [5.41, 5.74) is 7.50. The molecule has 0 atom stereocenters. The third-order valence-electron chi connectivity index (χ3n) is 2.62. The maximum atomic E-state index is 13.0. The molecule has 0 saturated heterocycles. The average Bonchev–Trinajstić information content (AvgIpc) is 2.36. The second kappa shape index (κ2) is 6.12. The van der Waals surface area contributed by atoms with Gasteiger partial charge < -0.3 is 10.5 Å². The van der Waals surface area contributed by atoms with Gasteiger partial charge in [-0.3, -0.25) is 0 Å². The van der Waals surface area contributed by atoms with Crippen LogP contribution in [0.2, 0.25) is 0 Å². The minimum absolute atomic E-state index is 0.317. The third-order valence-corrected chi connectivity index (χ3v) is 3.24. The highest BCUT2D eigenvalue weighted by Crippen LogP contribution is 2.30. The highest BCUT2D eigenvalue weighted by Gasteiger charge is 2.08. The molecule has 3 nitrogen and oxygen atoms in total. The lowest BCUT2D eigenvalue weighted by Gasteiger charge is -2.10. The number of aromatic nitrogens is 1. The van der Waals surface area contributed by atoms with Crippen LogP contribution in [0.25, 0.3) is 0 Å². The van der Waals surface area contributed by atoms with E-state index in [0.717, 1.165) is 17.5 Å². The summed E-state index contributed by atoms with van der Waals surface area (Å²) in [7, 11) is 0. The molecule has 0 bridgehead atoms. The van der Waals surface area contributed by atoms with Gasteiger partial charge in [0.25, 0.3) is 0 Å². The van der Waals surface area contributed by atoms with Crippen LogP contribution in [-0.4, -0.2) is 11.5 Å². The summed E-state index contributed by atoms with van der Waals surface area (Å²) in [6.45, 7) is 2.50. The fourth-order valence-corrected chi connectivity index (χ4v) is 2.12. The number of aryl methyl sites for hydroxylation is 1. The first-order valence-electron chi connectivity index (χ1n) is 5.88. The molecule has 100 valence electrons. The normalized spacial score (nSPS) is 10.5. The first-order valence-corrected chi connectivity index (χ1v) is 6.68. The molecule has 0 radical (unpaired) electrons. The highest BCUT2D eigenvalue weighted by atomic mass is 79.9. The Labute approximate surface area is 119 Å². The summed E-state index contributed by atoms with van der Waals surface area (Å²) in [5, 5.41) is 0. The molecule has 0 aliphatic heterocycles. The fourth-order valence-electron chi connectivity index (χ4n) is 1.69. The monoisotopic (exact) mass is 324 g/mol. The lowest BCUT2D eigenvalue weighted by atomic mass is 10.1. The van der Waals surface area contributed by atoms with Crippen molar-refractivity contribution < 1.29 is 9.13 Å². The molecule has 2 aromatic rings. The summed E-state index contributed by atoms with van der Waals surface area (Å²) in [6, 6.07) is 6.26. The quantitative estimate of drug-likeness (QED) is 0.935. The van der Waals surface area contributed by atoms with Gasteiger partial charge in [0.2, 0.25) is 5.88 Å². The van der Waals surface area contributed by atoms with Crippen molar-refractivity contribution in [1.29, 1.82) is 0 Å². The van der Waals surface area contributed by atoms with E-state index in [-0.39, 0.29) is 5.82 Å². The summed E-state index contributed by atoms with van der Waals surface area (Å²) < 4.78 is 19.2. The van der Waals surface area contributed by atoms with Crippen LogP contribution in [0.3, 0.4) is 0 Å². The molecule has 5 heteroatoms. The Morgan fingerprint density at radius 2 is 2.16 bits per heavy atom. The predicted molar refractivity (Wildman–Crippen MR) is 75.9 cm³/mol. The number of nitrogens with two attached hydrogens (primary N) is 1. The van der Waals surface area contributed by atoms with Crippen LogP contribution >= 0.6 is 15.9 Å². The van der Waals surface area contributed by atoms with E-state index in [0.29, 0.717) is 22.6 Å². The number of benzene rings is 1. The SMILES string of the molecule is Cc1cc(CCN)cnc1Oc1ccc(F)cc1Br. The number of rotatable bonds is 4. The van der Waals surface area contributed by atoms with Gasteiger partial charge in [0.05, 0.1) is 4.47 Å². The van der Waals surface area contributed by atoms with Gasteiger partial charge in [-0.2, -0.15) is 0 Å². The molecule has 1 heterocycles. The van der Waals surface area contributed by atoms with Crippen LogP contribution in [0.4, 0.5) is 4.39 Å². The van der Waals surface area contributed by atoms with E-state index in [1.165, 1.54) is 12.1 Å². The van der Waals surface area contributed by atoms with Crippen molar-refractivity contribution in [3.05, 3.63) is 51.9 Å². The molecule has 0 amide bonds. The minimum Gasteiger partial charge on any atom is -0.438 e. The first kappa shape index (κ1) is 14.0. The smallest absolute Gasteiger partial charge is 0.222 e. The standard InChI is InChI=1S/C14H14BrFN2O/c1-9-6-10(4-5-17)8-18-14(9)19-13-3-2-11(16)7-12(13)15/h2-3,6-8H,4-5,17H2,1H3. The molecule has 0 saturated carbocycles. The van der Waals surface area contributed by atoms with E-state index in [4.69, 9.17) is 10.5 Å². The van der Waals surface area contributed by atoms with Gasteiger partial charge >= 0.3 is 0 Å². The van der Waals surface area contributed by atoms with E-state index < -0.39 is 0 Å². The Morgan fingerprint density at radius 1 is 1.37 bits per heavy atom. The second-order valence-corrected chi connectivity index (χ2v) is 5.04. The zero-order valence-electron chi connectivity index (χ0n) is 10.5. The molecule has 2 rings (SSSR count). The van der Waals surface area contributed by atoms with Crippen LogP contribution in [-0.2, 0) is 6.42 Å². The summed E-state index contributed by atoms with van der Waals surface area (Å²) in [4.78, 5) is 4.26. The van der Waals surface area contributed by atoms with Crippen LogP contribution in [0, 0.1) is 12.7 Å². The number of ether oxygens (including phenoxy) is 1.